The van der Waals surface area contributed by atoms with Crippen LogP contribution >= 0.6 is 0 Å². The molecule has 0 radical (unpaired) electrons. The van der Waals surface area contributed by atoms with Crippen molar-refractivity contribution in [2.45, 2.75) is 25.3 Å². The van der Waals surface area contributed by atoms with Crippen LogP contribution in [0.5, 0.6) is 5.75 Å². The maximum absolute atomic E-state index is 13.1. The Morgan fingerprint density at radius 1 is 1.46 bits per heavy atom. The fraction of sp³-hybridized carbons (Fsp3) is 0.400. The normalized spacial score (nSPS) is 18.7. The van der Waals surface area contributed by atoms with Crippen molar-refractivity contribution in [2.24, 2.45) is 5.73 Å². The second kappa shape index (κ2) is 2.45. The molecule has 0 bridgehead atoms. The highest BCUT2D eigenvalue weighted by Crippen LogP contribution is 2.47. The molecule has 2 rings (SSSR count). The van der Waals surface area contributed by atoms with E-state index in [2.05, 4.69) is 0 Å². The molecule has 1 aromatic rings. The van der Waals surface area contributed by atoms with Crippen LogP contribution < -0.4 is 5.73 Å². The van der Waals surface area contributed by atoms with Gasteiger partial charge in [-0.25, -0.2) is 4.39 Å². The van der Waals surface area contributed by atoms with E-state index in [0.29, 0.717) is 5.56 Å². The van der Waals surface area contributed by atoms with Crippen LogP contribution in [-0.2, 0) is 5.54 Å². The molecule has 2 nitrogen and oxygen atoms in total. The highest BCUT2D eigenvalue weighted by Gasteiger charge is 2.42. The molecule has 70 valence electrons. The predicted molar refractivity (Wildman–Crippen MR) is 47.9 cm³/mol. The van der Waals surface area contributed by atoms with Crippen LogP contribution in [-0.4, -0.2) is 5.11 Å². The van der Waals surface area contributed by atoms with E-state index in [1.165, 1.54) is 6.07 Å². The first-order valence-corrected chi connectivity index (χ1v) is 4.31. The van der Waals surface area contributed by atoms with Crippen molar-refractivity contribution in [1.29, 1.82) is 0 Å². The van der Waals surface area contributed by atoms with Gasteiger partial charge in [0, 0.05) is 11.1 Å². The third-order valence-electron chi connectivity index (χ3n) is 2.53. The largest absolute Gasteiger partial charge is 0.505 e. The van der Waals surface area contributed by atoms with Gasteiger partial charge in [0.1, 0.15) is 0 Å². The molecule has 0 saturated heterocycles. The minimum atomic E-state index is -0.577. The fourth-order valence-corrected chi connectivity index (χ4v) is 1.52. The molecule has 0 aromatic heterocycles. The summed E-state index contributed by atoms with van der Waals surface area (Å²) in [5.41, 5.74) is 6.74. The first kappa shape index (κ1) is 8.51. The van der Waals surface area contributed by atoms with Gasteiger partial charge in [-0.05, 0) is 31.4 Å². The number of nitrogens with two attached hydrogens (primary N) is 1. The van der Waals surface area contributed by atoms with E-state index >= 15 is 0 Å². The van der Waals surface area contributed by atoms with Crippen LogP contribution in [0.2, 0.25) is 0 Å². The van der Waals surface area contributed by atoms with Crippen LogP contribution in [0.15, 0.2) is 12.1 Å². The molecule has 13 heavy (non-hydrogen) atoms. The fourth-order valence-electron chi connectivity index (χ4n) is 1.52. The van der Waals surface area contributed by atoms with Crippen LogP contribution in [0.4, 0.5) is 4.39 Å². The van der Waals surface area contributed by atoms with E-state index < -0.39 is 11.4 Å². The Bertz CT molecular complexity index is 358. The number of aromatic hydroxyl groups is 1. The Balaban J connectivity index is 2.56. The number of aryl methyl sites for hydroxylation is 1. The van der Waals surface area contributed by atoms with E-state index in [1.54, 1.807) is 13.0 Å². The third-order valence-corrected chi connectivity index (χ3v) is 2.53. The van der Waals surface area contributed by atoms with Gasteiger partial charge in [0.15, 0.2) is 11.6 Å². The molecule has 1 fully saturated rings. The molecule has 1 aromatic carbocycles. The second-order valence-corrected chi connectivity index (χ2v) is 3.80. The topological polar surface area (TPSA) is 46.2 Å². The summed E-state index contributed by atoms with van der Waals surface area (Å²) in [5, 5.41) is 9.44. The number of phenols is 1. The van der Waals surface area contributed by atoms with Crippen LogP contribution in [0.1, 0.15) is 24.0 Å². The maximum Gasteiger partial charge on any atom is 0.165 e. The lowest BCUT2D eigenvalue weighted by Crippen LogP contribution is -2.19. The molecule has 1 aliphatic rings. The van der Waals surface area contributed by atoms with Gasteiger partial charge in [0.25, 0.3) is 0 Å². The summed E-state index contributed by atoms with van der Waals surface area (Å²) in [7, 11) is 0. The SMILES string of the molecule is Cc1cc(F)c(O)c(C2(N)CC2)c1. The molecule has 0 heterocycles. The van der Waals surface area contributed by atoms with Crippen molar-refractivity contribution >= 4 is 0 Å². The standard InChI is InChI=1S/C10H12FNO/c1-6-4-7(10(12)2-3-10)9(13)8(11)5-6/h4-5,13H,2-3,12H2,1H3. The van der Waals surface area contributed by atoms with Crippen molar-refractivity contribution in [2.75, 3.05) is 0 Å². The number of phenolic OH excluding ortho intramolecular Hbond substituents is 1. The van der Waals surface area contributed by atoms with Crippen molar-refractivity contribution in [3.8, 4) is 5.75 Å². The van der Waals surface area contributed by atoms with Crippen LogP contribution in [0.25, 0.3) is 0 Å². The molecule has 0 unspecified atom stereocenters. The van der Waals surface area contributed by atoms with Crippen molar-refractivity contribution < 1.29 is 9.50 Å². The summed E-state index contributed by atoms with van der Waals surface area (Å²) < 4.78 is 13.1. The highest BCUT2D eigenvalue weighted by atomic mass is 19.1. The van der Waals surface area contributed by atoms with E-state index in [1.807, 2.05) is 0 Å². The lowest BCUT2D eigenvalue weighted by molar-refractivity contribution is 0.418. The second-order valence-electron chi connectivity index (χ2n) is 3.80. The third kappa shape index (κ3) is 1.29. The summed E-state index contributed by atoms with van der Waals surface area (Å²) in [4.78, 5) is 0. The number of halogens is 1. The Hall–Kier alpha value is -1.09. The average molecular weight is 181 g/mol. The lowest BCUT2D eigenvalue weighted by atomic mass is 10.0. The Labute approximate surface area is 76.2 Å². The van der Waals surface area contributed by atoms with E-state index in [9.17, 15) is 9.50 Å². The van der Waals surface area contributed by atoms with Gasteiger partial charge in [-0.1, -0.05) is 6.07 Å². The van der Waals surface area contributed by atoms with Gasteiger partial charge >= 0.3 is 0 Å². The first-order chi connectivity index (χ1) is 6.03. The van der Waals surface area contributed by atoms with Gasteiger partial charge < -0.3 is 10.8 Å². The quantitative estimate of drug-likeness (QED) is 0.693. The van der Waals surface area contributed by atoms with E-state index in [4.69, 9.17) is 5.73 Å². The molecule has 3 heteroatoms. The van der Waals surface area contributed by atoms with E-state index in [0.717, 1.165) is 18.4 Å². The van der Waals surface area contributed by atoms with Gasteiger partial charge in [0.2, 0.25) is 0 Å². The molecule has 0 amide bonds. The van der Waals surface area contributed by atoms with Crippen molar-refractivity contribution in [3.63, 3.8) is 0 Å². The molecule has 1 aliphatic carbocycles. The molecule has 0 aliphatic heterocycles. The zero-order valence-electron chi connectivity index (χ0n) is 7.47. The van der Waals surface area contributed by atoms with Crippen molar-refractivity contribution in [3.05, 3.63) is 29.1 Å². The zero-order valence-corrected chi connectivity index (χ0v) is 7.47. The van der Waals surface area contributed by atoms with Crippen LogP contribution in [0, 0.1) is 12.7 Å². The number of hydrogen-bond acceptors (Lipinski definition) is 2. The van der Waals surface area contributed by atoms with Crippen LogP contribution in [0.3, 0.4) is 0 Å². The molecular formula is C10H12FNO. The van der Waals surface area contributed by atoms with Crippen molar-refractivity contribution in [1.82, 2.24) is 0 Å². The highest BCUT2D eigenvalue weighted by molar-refractivity contribution is 5.44. The number of hydrogen-bond donors (Lipinski definition) is 2. The molecule has 0 atom stereocenters. The summed E-state index contributed by atoms with van der Waals surface area (Å²) in [6.07, 6.45) is 1.65. The Morgan fingerprint density at radius 2 is 2.08 bits per heavy atom. The molecular weight excluding hydrogens is 169 g/mol. The number of benzene rings is 1. The Kier molecular flexibility index (Phi) is 1.60. The maximum atomic E-state index is 13.1. The summed E-state index contributed by atoms with van der Waals surface area (Å²) in [6.45, 7) is 1.79. The van der Waals surface area contributed by atoms with Gasteiger partial charge in [-0.2, -0.15) is 0 Å². The number of rotatable bonds is 1. The molecule has 1 saturated carbocycles. The lowest BCUT2D eigenvalue weighted by Gasteiger charge is -2.12. The summed E-state index contributed by atoms with van der Waals surface area (Å²) >= 11 is 0. The minimum Gasteiger partial charge on any atom is -0.505 e. The summed E-state index contributed by atoms with van der Waals surface area (Å²) in [5.74, 6) is -0.864. The summed E-state index contributed by atoms with van der Waals surface area (Å²) in [6, 6.07) is 3.07. The zero-order chi connectivity index (χ0) is 9.64. The minimum absolute atomic E-state index is 0.286. The van der Waals surface area contributed by atoms with Gasteiger partial charge in [-0.3, -0.25) is 0 Å². The monoisotopic (exact) mass is 181 g/mol. The van der Waals surface area contributed by atoms with Gasteiger partial charge in [-0.15, -0.1) is 0 Å². The molecule has 3 N–H and O–H groups in total. The average Bonchev–Trinajstić information content (AvgIpc) is 2.77. The smallest absolute Gasteiger partial charge is 0.165 e. The first-order valence-electron chi connectivity index (χ1n) is 4.31. The predicted octanol–water partition coefficient (Wildman–Crippen LogP) is 1.79. The van der Waals surface area contributed by atoms with Gasteiger partial charge in [0.05, 0.1) is 0 Å². The Morgan fingerprint density at radius 3 is 2.62 bits per heavy atom. The molecule has 0 spiro atoms. The van der Waals surface area contributed by atoms with E-state index in [-0.39, 0.29) is 5.75 Å².